The van der Waals surface area contributed by atoms with E-state index in [4.69, 9.17) is 10.5 Å². The van der Waals surface area contributed by atoms with Crippen molar-refractivity contribution >= 4 is 0 Å². The second kappa shape index (κ2) is 27.7. The Balaban J connectivity index is 3.30. The Morgan fingerprint density at radius 2 is 0.968 bits per heavy atom. The lowest BCUT2D eigenvalue weighted by molar-refractivity contribution is 0.0489. The molecule has 0 fully saturated rings. The Morgan fingerprint density at radius 3 is 1.48 bits per heavy atom. The minimum atomic E-state index is 0.290. The first-order chi connectivity index (χ1) is 15.3. The molecular formula is C29H59NO. The molecule has 1 unspecified atom stereocenters. The maximum atomic E-state index is 6.04. The first-order valence-corrected chi connectivity index (χ1v) is 14.3. The summed E-state index contributed by atoms with van der Waals surface area (Å²) in [6, 6.07) is 0. The largest absolute Gasteiger partial charge is 0.377 e. The highest BCUT2D eigenvalue weighted by molar-refractivity contribution is 4.81. The average molecular weight is 438 g/mol. The van der Waals surface area contributed by atoms with Gasteiger partial charge >= 0.3 is 0 Å². The molecule has 0 aromatic carbocycles. The molecule has 186 valence electrons. The van der Waals surface area contributed by atoms with E-state index in [1.807, 2.05) is 0 Å². The summed E-state index contributed by atoms with van der Waals surface area (Å²) in [7, 11) is 0. The zero-order chi connectivity index (χ0) is 22.7. The van der Waals surface area contributed by atoms with E-state index in [-0.39, 0.29) is 0 Å². The van der Waals surface area contributed by atoms with Gasteiger partial charge in [0.2, 0.25) is 0 Å². The zero-order valence-electron chi connectivity index (χ0n) is 21.7. The molecule has 0 radical (unpaired) electrons. The van der Waals surface area contributed by atoms with Crippen molar-refractivity contribution in [2.75, 3.05) is 13.2 Å². The van der Waals surface area contributed by atoms with E-state index in [9.17, 15) is 0 Å². The summed E-state index contributed by atoms with van der Waals surface area (Å²) < 4.78 is 6.04. The fraction of sp³-hybridized carbons (Fsp3) is 0.931. The Kier molecular flexibility index (Phi) is 27.4. The number of ether oxygens (including phenoxy) is 1. The van der Waals surface area contributed by atoms with Crippen LogP contribution in [0.4, 0.5) is 0 Å². The molecule has 2 nitrogen and oxygen atoms in total. The summed E-state index contributed by atoms with van der Waals surface area (Å²) >= 11 is 0. The van der Waals surface area contributed by atoms with Crippen molar-refractivity contribution in [3.05, 3.63) is 12.2 Å². The quantitative estimate of drug-likeness (QED) is 0.108. The normalized spacial score (nSPS) is 12.7. The van der Waals surface area contributed by atoms with Crippen LogP contribution in [-0.2, 0) is 4.74 Å². The van der Waals surface area contributed by atoms with Crippen molar-refractivity contribution in [2.24, 2.45) is 5.73 Å². The number of hydrogen-bond donors (Lipinski definition) is 1. The number of allylic oxidation sites excluding steroid dienone is 2. The lowest BCUT2D eigenvalue weighted by Gasteiger charge is -2.16. The van der Waals surface area contributed by atoms with Gasteiger partial charge in [0.05, 0.1) is 6.10 Å². The first-order valence-electron chi connectivity index (χ1n) is 14.3. The van der Waals surface area contributed by atoms with Crippen LogP contribution in [0.15, 0.2) is 12.2 Å². The zero-order valence-corrected chi connectivity index (χ0v) is 21.7. The van der Waals surface area contributed by atoms with Gasteiger partial charge in [0.15, 0.2) is 0 Å². The van der Waals surface area contributed by atoms with Crippen LogP contribution in [0.3, 0.4) is 0 Å². The molecular weight excluding hydrogens is 378 g/mol. The lowest BCUT2D eigenvalue weighted by atomic mass is 10.1. The van der Waals surface area contributed by atoms with Gasteiger partial charge in [-0.1, -0.05) is 129 Å². The average Bonchev–Trinajstić information content (AvgIpc) is 2.79. The number of hydrogen-bond acceptors (Lipinski definition) is 2. The molecule has 2 N–H and O–H groups in total. The Labute approximate surface area is 197 Å². The van der Waals surface area contributed by atoms with Gasteiger partial charge in [-0.05, 0) is 38.5 Å². The molecule has 0 aromatic rings. The van der Waals surface area contributed by atoms with E-state index in [2.05, 4.69) is 26.0 Å². The molecule has 0 heterocycles. The summed E-state index contributed by atoms with van der Waals surface area (Å²) in [5.74, 6) is 0. The minimum Gasteiger partial charge on any atom is -0.377 e. The molecule has 0 aliphatic carbocycles. The maximum absolute atomic E-state index is 6.04. The fourth-order valence-corrected chi connectivity index (χ4v) is 4.20. The van der Waals surface area contributed by atoms with Crippen molar-refractivity contribution in [1.82, 2.24) is 0 Å². The van der Waals surface area contributed by atoms with Gasteiger partial charge in [-0.25, -0.2) is 0 Å². The van der Waals surface area contributed by atoms with E-state index in [1.165, 1.54) is 135 Å². The number of rotatable bonds is 26. The van der Waals surface area contributed by atoms with Gasteiger partial charge in [0.25, 0.3) is 0 Å². The second-order valence-corrected chi connectivity index (χ2v) is 9.58. The van der Waals surface area contributed by atoms with Gasteiger partial charge in [0, 0.05) is 13.2 Å². The number of unbranched alkanes of at least 4 members (excludes halogenated alkanes) is 18. The molecule has 0 aliphatic heterocycles. The van der Waals surface area contributed by atoms with Crippen LogP contribution in [0.25, 0.3) is 0 Å². The molecule has 0 aromatic heterocycles. The number of nitrogens with two attached hydrogens (primary N) is 1. The van der Waals surface area contributed by atoms with Crippen LogP contribution in [0.5, 0.6) is 0 Å². The summed E-state index contributed by atoms with van der Waals surface area (Å²) in [6.45, 7) is 6.15. The monoisotopic (exact) mass is 437 g/mol. The molecule has 0 saturated carbocycles. The maximum Gasteiger partial charge on any atom is 0.0697 e. The minimum absolute atomic E-state index is 0.290. The van der Waals surface area contributed by atoms with E-state index >= 15 is 0 Å². The van der Waals surface area contributed by atoms with E-state index in [1.54, 1.807) is 0 Å². The van der Waals surface area contributed by atoms with Gasteiger partial charge in [-0.3, -0.25) is 0 Å². The molecule has 0 amide bonds. The molecule has 0 bridgehead atoms. The van der Waals surface area contributed by atoms with E-state index < -0.39 is 0 Å². The Hall–Kier alpha value is -0.340. The summed E-state index contributed by atoms with van der Waals surface area (Å²) in [5, 5.41) is 0. The van der Waals surface area contributed by atoms with Crippen molar-refractivity contribution < 1.29 is 4.74 Å². The predicted octanol–water partition coefficient (Wildman–Crippen LogP) is 9.51. The van der Waals surface area contributed by atoms with Crippen LogP contribution in [0, 0.1) is 0 Å². The second-order valence-electron chi connectivity index (χ2n) is 9.58. The molecule has 1 atom stereocenters. The van der Waals surface area contributed by atoms with Crippen molar-refractivity contribution in [1.29, 1.82) is 0 Å². The van der Waals surface area contributed by atoms with Gasteiger partial charge < -0.3 is 10.5 Å². The molecule has 2 heteroatoms. The fourth-order valence-electron chi connectivity index (χ4n) is 4.20. The molecule has 0 spiro atoms. The highest BCUT2D eigenvalue weighted by Crippen LogP contribution is 2.13. The molecule has 0 aliphatic rings. The van der Waals surface area contributed by atoms with Crippen LogP contribution >= 0.6 is 0 Å². The first kappa shape index (κ1) is 30.7. The van der Waals surface area contributed by atoms with Gasteiger partial charge in [-0.2, -0.15) is 0 Å². The third kappa shape index (κ3) is 25.8. The van der Waals surface area contributed by atoms with Crippen molar-refractivity contribution in [3.8, 4) is 0 Å². The predicted molar refractivity (Wildman–Crippen MR) is 141 cm³/mol. The highest BCUT2D eigenvalue weighted by Gasteiger charge is 2.06. The van der Waals surface area contributed by atoms with Crippen LogP contribution < -0.4 is 5.73 Å². The van der Waals surface area contributed by atoms with Crippen molar-refractivity contribution in [3.63, 3.8) is 0 Å². The summed E-state index contributed by atoms with van der Waals surface area (Å²) in [5.41, 5.74) is 5.91. The molecule has 0 rings (SSSR count). The standard InChI is InChI=1S/C29H59NO/c1-3-5-7-9-11-13-14-15-16-17-19-21-23-25-27-31-29(28-30)26-24-22-20-18-12-10-8-6-4-2/h13-14,29H,3-12,15-28,30H2,1-2H3/b14-13-. The summed E-state index contributed by atoms with van der Waals surface area (Å²) in [4.78, 5) is 0. The molecule has 0 saturated heterocycles. The van der Waals surface area contributed by atoms with Crippen LogP contribution in [0.2, 0.25) is 0 Å². The van der Waals surface area contributed by atoms with Gasteiger partial charge in [-0.15, -0.1) is 0 Å². The third-order valence-corrected chi connectivity index (χ3v) is 6.40. The molecule has 31 heavy (non-hydrogen) atoms. The van der Waals surface area contributed by atoms with E-state index in [0.29, 0.717) is 12.6 Å². The van der Waals surface area contributed by atoms with E-state index in [0.717, 1.165) is 13.0 Å². The lowest BCUT2D eigenvalue weighted by Crippen LogP contribution is -2.24. The SMILES string of the molecule is CCCCCC/C=C\CCCCCCCCOC(CN)CCCCCCCCCCC. The summed E-state index contributed by atoms with van der Waals surface area (Å²) in [6.07, 6.45) is 34.7. The Morgan fingerprint density at radius 1 is 0.548 bits per heavy atom. The third-order valence-electron chi connectivity index (χ3n) is 6.40. The Bertz CT molecular complexity index is 342. The highest BCUT2D eigenvalue weighted by atomic mass is 16.5. The smallest absolute Gasteiger partial charge is 0.0697 e. The van der Waals surface area contributed by atoms with Crippen LogP contribution in [-0.4, -0.2) is 19.3 Å². The van der Waals surface area contributed by atoms with Crippen molar-refractivity contribution in [2.45, 2.75) is 161 Å². The topological polar surface area (TPSA) is 35.2 Å². The van der Waals surface area contributed by atoms with Gasteiger partial charge in [0.1, 0.15) is 0 Å². The van der Waals surface area contributed by atoms with Crippen LogP contribution in [0.1, 0.15) is 155 Å².